The van der Waals surface area contributed by atoms with Crippen LogP contribution >= 0.6 is 11.6 Å². The second-order valence-electron chi connectivity index (χ2n) is 7.85. The summed E-state index contributed by atoms with van der Waals surface area (Å²) in [6.45, 7) is 0.689. The monoisotopic (exact) mass is 430 g/mol. The molecule has 0 unspecified atom stereocenters. The number of fused-ring (bicyclic) bond motifs is 2. The van der Waals surface area contributed by atoms with Crippen molar-refractivity contribution in [3.8, 4) is 0 Å². The van der Waals surface area contributed by atoms with Crippen molar-refractivity contribution in [2.24, 2.45) is 0 Å². The predicted octanol–water partition coefficient (Wildman–Crippen LogP) is 4.00. The Morgan fingerprint density at radius 2 is 1.77 bits per heavy atom. The highest BCUT2D eigenvalue weighted by molar-refractivity contribution is 6.52. The highest BCUT2D eigenvalue weighted by Gasteiger charge is 2.35. The molecule has 2 aromatic carbocycles. The van der Waals surface area contributed by atoms with Crippen LogP contribution in [-0.4, -0.2) is 40.8 Å². The minimum Gasteiger partial charge on any atom is -0.361 e. The van der Waals surface area contributed by atoms with Gasteiger partial charge in [-0.15, -0.1) is 0 Å². The van der Waals surface area contributed by atoms with Crippen molar-refractivity contribution in [2.75, 3.05) is 14.1 Å². The molecule has 0 radical (unpaired) electrons. The molecule has 2 N–H and O–H groups in total. The van der Waals surface area contributed by atoms with Gasteiger partial charge in [0, 0.05) is 51.4 Å². The van der Waals surface area contributed by atoms with Gasteiger partial charge in [0.2, 0.25) is 0 Å². The van der Waals surface area contributed by atoms with Gasteiger partial charge in [-0.3, -0.25) is 19.9 Å². The summed E-state index contributed by atoms with van der Waals surface area (Å²) >= 11 is 6.63. The number of pyridine rings is 1. The van der Waals surface area contributed by atoms with E-state index in [0.717, 1.165) is 21.9 Å². The molecule has 2 amide bonds. The van der Waals surface area contributed by atoms with Gasteiger partial charge >= 0.3 is 0 Å². The molecule has 0 saturated heterocycles. The van der Waals surface area contributed by atoms with Gasteiger partial charge in [0.05, 0.1) is 16.7 Å². The van der Waals surface area contributed by atoms with Gasteiger partial charge < -0.3 is 9.88 Å². The summed E-state index contributed by atoms with van der Waals surface area (Å²) < 4.78 is 0. The molecule has 5 rings (SSSR count). The fourth-order valence-corrected chi connectivity index (χ4v) is 4.41. The largest absolute Gasteiger partial charge is 0.361 e. The number of imide groups is 1. The molecular formula is C24H19ClN4O2. The Labute approximate surface area is 183 Å². The van der Waals surface area contributed by atoms with E-state index in [4.69, 9.17) is 11.6 Å². The van der Waals surface area contributed by atoms with Crippen LogP contribution in [0.4, 0.5) is 0 Å². The zero-order valence-electron chi connectivity index (χ0n) is 17.0. The molecule has 1 aliphatic rings. The number of nitrogens with one attached hydrogen (secondary N) is 2. The first kappa shape index (κ1) is 19.5. The van der Waals surface area contributed by atoms with Gasteiger partial charge in [-0.25, -0.2) is 0 Å². The third kappa shape index (κ3) is 3.21. The van der Waals surface area contributed by atoms with Crippen LogP contribution in [0.2, 0.25) is 5.02 Å². The second kappa shape index (κ2) is 7.34. The number of amides is 2. The lowest BCUT2D eigenvalue weighted by Gasteiger charge is -2.13. The van der Waals surface area contributed by atoms with Gasteiger partial charge in [0.25, 0.3) is 11.8 Å². The lowest BCUT2D eigenvalue weighted by molar-refractivity contribution is -0.122. The van der Waals surface area contributed by atoms with E-state index in [1.54, 1.807) is 12.3 Å². The summed E-state index contributed by atoms with van der Waals surface area (Å²) in [7, 11) is 3.95. The summed E-state index contributed by atoms with van der Waals surface area (Å²) in [4.78, 5) is 35.7. The van der Waals surface area contributed by atoms with E-state index in [2.05, 4.69) is 15.3 Å². The molecule has 6 nitrogen and oxygen atoms in total. The first-order chi connectivity index (χ1) is 14.9. The Morgan fingerprint density at radius 3 is 2.58 bits per heavy atom. The van der Waals surface area contributed by atoms with Crippen LogP contribution in [0.15, 0.2) is 54.9 Å². The van der Waals surface area contributed by atoms with Crippen LogP contribution in [0.5, 0.6) is 0 Å². The van der Waals surface area contributed by atoms with Crippen LogP contribution < -0.4 is 5.32 Å². The average molecular weight is 431 g/mol. The number of H-pyrrole nitrogens is 1. The topological polar surface area (TPSA) is 78.1 Å². The smallest absolute Gasteiger partial charge is 0.259 e. The van der Waals surface area contributed by atoms with E-state index >= 15 is 0 Å². The highest BCUT2D eigenvalue weighted by Crippen LogP contribution is 2.40. The first-order valence-corrected chi connectivity index (χ1v) is 10.2. The number of aromatic nitrogens is 2. The van der Waals surface area contributed by atoms with E-state index in [0.29, 0.717) is 33.8 Å². The number of carbonyl (C=O) groups excluding carboxylic acids is 2. The van der Waals surface area contributed by atoms with Gasteiger partial charge in [-0.05, 0) is 43.9 Å². The number of carbonyl (C=O) groups is 2. The van der Waals surface area contributed by atoms with E-state index in [1.807, 2.05) is 61.6 Å². The van der Waals surface area contributed by atoms with Crippen LogP contribution in [0.25, 0.3) is 33.0 Å². The average Bonchev–Trinajstić information content (AvgIpc) is 3.27. The van der Waals surface area contributed by atoms with E-state index in [-0.39, 0.29) is 5.57 Å². The van der Waals surface area contributed by atoms with Gasteiger partial charge in [0.15, 0.2) is 0 Å². The van der Waals surface area contributed by atoms with E-state index < -0.39 is 11.8 Å². The Hall–Kier alpha value is -3.48. The molecule has 1 aliphatic heterocycles. The maximum Gasteiger partial charge on any atom is 0.259 e. The van der Waals surface area contributed by atoms with Crippen molar-refractivity contribution < 1.29 is 9.59 Å². The molecule has 7 heteroatoms. The standard InChI is InChI=1S/C24H19ClN4O2/c1-29(2)12-13-9-15-19(26-10-13)8-7-17(25)20(15)22-21(23(30)28-24(22)31)16-11-27-18-6-4-3-5-14(16)18/h3-11,27H,12H2,1-2H3,(H,28,30,31). The zero-order chi connectivity index (χ0) is 21.7. The molecule has 4 aromatic rings. The molecule has 0 saturated carbocycles. The SMILES string of the molecule is CN(C)Cc1cnc2ccc(Cl)c(C3=C(c4c[nH]c5ccccc45)C(=O)NC3=O)c2c1. The van der Waals surface area contributed by atoms with Crippen molar-refractivity contribution in [1.82, 2.24) is 20.2 Å². The Bertz CT molecular complexity index is 1420. The predicted molar refractivity (Wildman–Crippen MR) is 122 cm³/mol. The normalized spacial score (nSPS) is 14.3. The molecule has 0 atom stereocenters. The summed E-state index contributed by atoms with van der Waals surface area (Å²) in [5, 5.41) is 4.45. The molecular weight excluding hydrogens is 412 g/mol. The molecule has 0 spiro atoms. The summed E-state index contributed by atoms with van der Waals surface area (Å²) in [6, 6.07) is 13.2. The van der Waals surface area contributed by atoms with Crippen LogP contribution in [0.1, 0.15) is 16.7 Å². The lowest BCUT2D eigenvalue weighted by atomic mass is 9.93. The number of rotatable bonds is 4. The van der Waals surface area contributed by atoms with Crippen LogP contribution in [0.3, 0.4) is 0 Å². The minimum absolute atomic E-state index is 0.272. The number of nitrogens with zero attached hydrogens (tertiary/aromatic N) is 2. The van der Waals surface area contributed by atoms with E-state index in [1.165, 1.54) is 0 Å². The van der Waals surface area contributed by atoms with Crippen molar-refractivity contribution in [1.29, 1.82) is 0 Å². The maximum absolute atomic E-state index is 13.0. The van der Waals surface area contributed by atoms with Crippen LogP contribution in [0, 0.1) is 0 Å². The maximum atomic E-state index is 13.0. The lowest BCUT2D eigenvalue weighted by Crippen LogP contribution is -2.22. The Morgan fingerprint density at radius 1 is 1.00 bits per heavy atom. The van der Waals surface area contributed by atoms with Gasteiger partial charge in [-0.1, -0.05) is 29.8 Å². The zero-order valence-corrected chi connectivity index (χ0v) is 17.7. The Balaban J connectivity index is 1.83. The number of hydrogen-bond acceptors (Lipinski definition) is 4. The van der Waals surface area contributed by atoms with E-state index in [9.17, 15) is 9.59 Å². The van der Waals surface area contributed by atoms with Crippen molar-refractivity contribution in [2.45, 2.75) is 6.54 Å². The first-order valence-electron chi connectivity index (χ1n) is 9.82. The molecule has 3 heterocycles. The third-order valence-corrected chi connectivity index (χ3v) is 5.72. The van der Waals surface area contributed by atoms with Crippen molar-refractivity contribution in [3.63, 3.8) is 0 Å². The molecule has 154 valence electrons. The number of para-hydroxylation sites is 1. The molecule has 0 fully saturated rings. The quantitative estimate of drug-likeness (QED) is 0.480. The van der Waals surface area contributed by atoms with Gasteiger partial charge in [0.1, 0.15) is 0 Å². The summed E-state index contributed by atoms with van der Waals surface area (Å²) in [5.74, 6) is -0.895. The fourth-order valence-electron chi connectivity index (χ4n) is 4.15. The number of halogens is 1. The van der Waals surface area contributed by atoms with Gasteiger partial charge in [-0.2, -0.15) is 0 Å². The highest BCUT2D eigenvalue weighted by atomic mass is 35.5. The minimum atomic E-state index is -0.460. The number of benzene rings is 2. The third-order valence-electron chi connectivity index (χ3n) is 5.41. The summed E-state index contributed by atoms with van der Waals surface area (Å²) in [6.07, 6.45) is 3.57. The Kier molecular flexibility index (Phi) is 4.61. The summed E-state index contributed by atoms with van der Waals surface area (Å²) in [5.41, 5.74) is 4.36. The van der Waals surface area contributed by atoms with Crippen molar-refractivity contribution in [3.05, 3.63) is 76.6 Å². The second-order valence-corrected chi connectivity index (χ2v) is 8.26. The molecule has 31 heavy (non-hydrogen) atoms. The number of aromatic amines is 1. The van der Waals surface area contributed by atoms with Crippen molar-refractivity contribution >= 4 is 56.4 Å². The molecule has 2 aromatic heterocycles. The molecule has 0 aliphatic carbocycles. The number of hydrogen-bond donors (Lipinski definition) is 2. The van der Waals surface area contributed by atoms with Crippen LogP contribution in [-0.2, 0) is 16.1 Å². The molecule has 0 bridgehead atoms. The fraction of sp³-hybridized carbons (Fsp3) is 0.125.